The van der Waals surface area contributed by atoms with Gasteiger partial charge in [-0.25, -0.2) is 4.79 Å². The summed E-state index contributed by atoms with van der Waals surface area (Å²) in [6, 6.07) is 0. The summed E-state index contributed by atoms with van der Waals surface area (Å²) in [5.74, 6) is -1.03. The maximum Gasteiger partial charge on any atom is 0.339 e. The molecule has 4 heteroatoms. The molecule has 0 saturated carbocycles. The molecule has 0 amide bonds. The zero-order chi connectivity index (χ0) is 14.8. The zero-order valence-corrected chi connectivity index (χ0v) is 12.0. The molecular weight excluding hydrogens is 258 g/mol. The SMILES string of the molecule is C=C/C=C\C(=C/C=C)c1csc(N)c1C(=O)O.CC. The number of nitrogens with two attached hydrogens (primary N) is 1. The first-order chi connectivity index (χ1) is 9.11. The second-order valence-corrected chi connectivity index (χ2v) is 4.06. The Kier molecular flexibility index (Phi) is 7.97. The van der Waals surface area contributed by atoms with Crippen molar-refractivity contribution in [3.8, 4) is 0 Å². The molecule has 0 atom stereocenters. The van der Waals surface area contributed by atoms with E-state index in [0.717, 1.165) is 5.57 Å². The van der Waals surface area contributed by atoms with Crippen LogP contribution in [0.3, 0.4) is 0 Å². The van der Waals surface area contributed by atoms with Crippen LogP contribution in [-0.4, -0.2) is 11.1 Å². The van der Waals surface area contributed by atoms with Crippen LogP contribution in [0.4, 0.5) is 5.00 Å². The van der Waals surface area contributed by atoms with Crippen molar-refractivity contribution >= 4 is 27.9 Å². The van der Waals surface area contributed by atoms with Crippen molar-refractivity contribution in [2.45, 2.75) is 13.8 Å². The van der Waals surface area contributed by atoms with E-state index in [1.807, 2.05) is 13.8 Å². The molecule has 102 valence electrons. The fourth-order valence-corrected chi connectivity index (χ4v) is 2.15. The molecule has 0 saturated heterocycles. The van der Waals surface area contributed by atoms with Crippen LogP contribution in [0.1, 0.15) is 29.8 Å². The summed E-state index contributed by atoms with van der Waals surface area (Å²) < 4.78 is 0. The van der Waals surface area contributed by atoms with Gasteiger partial charge < -0.3 is 10.8 Å². The Morgan fingerprint density at radius 3 is 2.47 bits per heavy atom. The highest BCUT2D eigenvalue weighted by Crippen LogP contribution is 2.31. The molecule has 0 aliphatic carbocycles. The van der Waals surface area contributed by atoms with Gasteiger partial charge in [-0.15, -0.1) is 11.3 Å². The molecule has 1 aromatic heterocycles. The minimum Gasteiger partial charge on any atom is -0.478 e. The van der Waals surface area contributed by atoms with Gasteiger partial charge in [-0.3, -0.25) is 0 Å². The summed E-state index contributed by atoms with van der Waals surface area (Å²) >= 11 is 1.21. The van der Waals surface area contributed by atoms with Crippen molar-refractivity contribution in [1.82, 2.24) is 0 Å². The lowest BCUT2D eigenvalue weighted by Gasteiger charge is -2.01. The highest BCUT2D eigenvalue weighted by molar-refractivity contribution is 7.14. The Hall–Kier alpha value is -2.07. The summed E-state index contributed by atoms with van der Waals surface area (Å²) in [6.07, 6.45) is 8.45. The smallest absolute Gasteiger partial charge is 0.339 e. The minimum absolute atomic E-state index is 0.136. The molecule has 3 N–H and O–H groups in total. The van der Waals surface area contributed by atoms with E-state index in [9.17, 15) is 4.79 Å². The average Bonchev–Trinajstić information content (AvgIpc) is 2.79. The number of nitrogen functional groups attached to an aromatic ring is 1. The van der Waals surface area contributed by atoms with E-state index in [0.29, 0.717) is 10.6 Å². The van der Waals surface area contributed by atoms with E-state index in [-0.39, 0.29) is 5.56 Å². The molecule has 0 radical (unpaired) electrons. The molecule has 0 fully saturated rings. The first-order valence-electron chi connectivity index (χ1n) is 5.84. The first kappa shape index (κ1) is 16.9. The van der Waals surface area contributed by atoms with Gasteiger partial charge in [-0.1, -0.05) is 57.4 Å². The van der Waals surface area contributed by atoms with Crippen LogP contribution in [0.2, 0.25) is 0 Å². The van der Waals surface area contributed by atoms with Crippen LogP contribution >= 0.6 is 11.3 Å². The van der Waals surface area contributed by atoms with Gasteiger partial charge in [0.15, 0.2) is 0 Å². The number of carboxylic acids is 1. The highest BCUT2D eigenvalue weighted by Gasteiger charge is 2.17. The van der Waals surface area contributed by atoms with Crippen molar-refractivity contribution in [2.24, 2.45) is 0 Å². The predicted molar refractivity (Wildman–Crippen MR) is 84.5 cm³/mol. The van der Waals surface area contributed by atoms with Gasteiger partial charge in [0.1, 0.15) is 10.6 Å². The van der Waals surface area contributed by atoms with E-state index < -0.39 is 5.97 Å². The Morgan fingerprint density at radius 1 is 1.37 bits per heavy atom. The maximum atomic E-state index is 11.1. The zero-order valence-electron chi connectivity index (χ0n) is 11.2. The van der Waals surface area contributed by atoms with Crippen molar-refractivity contribution in [3.63, 3.8) is 0 Å². The van der Waals surface area contributed by atoms with Crippen LogP contribution in [0.5, 0.6) is 0 Å². The van der Waals surface area contributed by atoms with Gasteiger partial charge in [-0.2, -0.15) is 0 Å². The van der Waals surface area contributed by atoms with Gasteiger partial charge in [0.2, 0.25) is 0 Å². The number of thiophene rings is 1. The average molecular weight is 277 g/mol. The molecule has 0 unspecified atom stereocenters. The second-order valence-electron chi connectivity index (χ2n) is 3.15. The van der Waals surface area contributed by atoms with E-state index in [1.165, 1.54) is 11.3 Å². The summed E-state index contributed by atoms with van der Waals surface area (Å²) in [7, 11) is 0. The number of aromatic carboxylic acids is 1. The Labute approximate surface area is 118 Å². The molecular formula is C15H19NO2S. The molecule has 0 bridgehead atoms. The Balaban J connectivity index is 0.00000154. The third kappa shape index (κ3) is 4.60. The number of anilines is 1. The normalized spacial score (nSPS) is 10.7. The number of allylic oxidation sites excluding steroid dienone is 6. The van der Waals surface area contributed by atoms with Crippen LogP contribution in [0.15, 0.2) is 48.9 Å². The molecule has 1 rings (SSSR count). The molecule has 0 spiro atoms. The third-order valence-electron chi connectivity index (χ3n) is 2.05. The van der Waals surface area contributed by atoms with Crippen molar-refractivity contribution in [3.05, 3.63) is 60.0 Å². The summed E-state index contributed by atoms with van der Waals surface area (Å²) in [6.45, 7) is 11.2. The van der Waals surface area contributed by atoms with Gasteiger partial charge in [0, 0.05) is 10.9 Å². The third-order valence-corrected chi connectivity index (χ3v) is 2.87. The van der Waals surface area contributed by atoms with Crippen molar-refractivity contribution in [1.29, 1.82) is 0 Å². The van der Waals surface area contributed by atoms with E-state index >= 15 is 0 Å². The monoisotopic (exact) mass is 277 g/mol. The second kappa shape index (κ2) is 8.94. The highest BCUT2D eigenvalue weighted by atomic mass is 32.1. The first-order valence-corrected chi connectivity index (χ1v) is 6.72. The lowest BCUT2D eigenvalue weighted by molar-refractivity contribution is 0.0698. The molecule has 3 nitrogen and oxygen atoms in total. The van der Waals surface area contributed by atoms with Crippen LogP contribution in [0.25, 0.3) is 5.57 Å². The topological polar surface area (TPSA) is 63.3 Å². The molecule has 0 aliphatic rings. The Morgan fingerprint density at radius 2 is 2.00 bits per heavy atom. The van der Waals surface area contributed by atoms with Crippen LogP contribution in [-0.2, 0) is 0 Å². The minimum atomic E-state index is -1.03. The molecule has 1 aromatic rings. The predicted octanol–water partition coefficient (Wildman–Crippen LogP) is 4.37. The van der Waals surface area contributed by atoms with E-state index in [1.54, 1.807) is 35.8 Å². The number of carboxylic acid groups (broad SMARTS) is 1. The number of hydrogen-bond donors (Lipinski definition) is 2. The van der Waals surface area contributed by atoms with Crippen molar-refractivity contribution in [2.75, 3.05) is 5.73 Å². The van der Waals surface area contributed by atoms with Gasteiger partial charge >= 0.3 is 5.97 Å². The molecule has 19 heavy (non-hydrogen) atoms. The van der Waals surface area contributed by atoms with Crippen LogP contribution in [0, 0.1) is 0 Å². The molecule has 0 aromatic carbocycles. The van der Waals surface area contributed by atoms with Gasteiger partial charge in [0.05, 0.1) is 0 Å². The quantitative estimate of drug-likeness (QED) is 0.786. The van der Waals surface area contributed by atoms with E-state index in [2.05, 4.69) is 13.2 Å². The fraction of sp³-hybridized carbons (Fsp3) is 0.133. The van der Waals surface area contributed by atoms with Gasteiger partial charge in [-0.05, 0) is 5.57 Å². The standard InChI is InChI=1S/C13H13NO2S.C2H6/c1-3-5-7-9(6-4-2)10-8-17-12(14)11(10)13(15)16;1-2/h3-8H,1-2,14H2,(H,15,16);1-2H3/b7-5-,9-6+;. The largest absolute Gasteiger partial charge is 0.478 e. The summed E-state index contributed by atoms with van der Waals surface area (Å²) in [5, 5.41) is 11.1. The fourth-order valence-electron chi connectivity index (χ4n) is 1.34. The number of hydrogen-bond acceptors (Lipinski definition) is 3. The maximum absolute atomic E-state index is 11.1. The summed E-state index contributed by atoms with van der Waals surface area (Å²) in [4.78, 5) is 11.1. The lowest BCUT2D eigenvalue weighted by atomic mass is 10.0. The number of rotatable bonds is 5. The Bertz CT molecular complexity index is 510. The lowest BCUT2D eigenvalue weighted by Crippen LogP contribution is -2.01. The number of carbonyl (C=O) groups is 1. The van der Waals surface area contributed by atoms with Crippen LogP contribution < -0.4 is 5.73 Å². The van der Waals surface area contributed by atoms with E-state index in [4.69, 9.17) is 10.8 Å². The molecule has 1 heterocycles. The summed E-state index contributed by atoms with van der Waals surface area (Å²) in [5.41, 5.74) is 7.12. The van der Waals surface area contributed by atoms with Gasteiger partial charge in [0.25, 0.3) is 0 Å². The molecule has 0 aliphatic heterocycles. The van der Waals surface area contributed by atoms with Crippen molar-refractivity contribution < 1.29 is 9.90 Å².